The average Bonchev–Trinajstić information content (AvgIpc) is 2.10. The van der Waals surface area contributed by atoms with Gasteiger partial charge in [0.25, 0.3) is 0 Å². The summed E-state index contributed by atoms with van der Waals surface area (Å²) < 4.78 is 45.0. The number of rotatable bonds is 3. The van der Waals surface area contributed by atoms with Gasteiger partial charge in [0.1, 0.15) is 17.0 Å². The summed E-state index contributed by atoms with van der Waals surface area (Å²) in [4.78, 5) is 0. The van der Waals surface area contributed by atoms with Crippen LogP contribution in [0.3, 0.4) is 0 Å². The lowest BCUT2D eigenvalue weighted by molar-refractivity contribution is -0.275. The molecule has 0 bridgehead atoms. The van der Waals surface area contributed by atoms with Crippen molar-refractivity contribution in [2.45, 2.75) is 6.36 Å². The van der Waals surface area contributed by atoms with Gasteiger partial charge in [-0.3, -0.25) is 0 Å². The molecule has 1 rings (SSSR count). The van der Waals surface area contributed by atoms with Gasteiger partial charge >= 0.3 is 6.36 Å². The smallest absolute Gasteiger partial charge is 0.481 e. The zero-order chi connectivity index (χ0) is 11.5. The highest BCUT2D eigenvalue weighted by Crippen LogP contribution is 2.33. The van der Waals surface area contributed by atoms with Gasteiger partial charge in [0.05, 0.1) is 3.57 Å². The van der Waals surface area contributed by atoms with Gasteiger partial charge < -0.3 is 9.47 Å². The van der Waals surface area contributed by atoms with Crippen LogP contribution >= 0.6 is 38.5 Å². The molecule has 0 aliphatic rings. The SMILES string of the molecule is FC(F)(F)Oc1cccc(OCBr)c1I. The minimum absolute atomic E-state index is 0.207. The molecule has 1 aromatic carbocycles. The van der Waals surface area contributed by atoms with Crippen molar-refractivity contribution in [3.63, 3.8) is 0 Å². The van der Waals surface area contributed by atoms with Crippen LogP contribution in [0, 0.1) is 3.57 Å². The highest BCUT2D eigenvalue weighted by atomic mass is 127. The molecule has 0 unspecified atom stereocenters. The molecular weight excluding hydrogens is 392 g/mol. The second-order valence-corrected chi connectivity index (χ2v) is 3.91. The molecule has 0 amide bonds. The lowest BCUT2D eigenvalue weighted by Gasteiger charge is -2.12. The third-order valence-corrected chi connectivity index (χ3v) is 2.66. The monoisotopic (exact) mass is 396 g/mol. The summed E-state index contributed by atoms with van der Waals surface area (Å²) >= 11 is 4.75. The standard InChI is InChI=1S/C8H5BrF3IO2/c9-4-14-5-2-1-3-6(7(5)13)15-8(10,11)12/h1-3H,4H2. The van der Waals surface area contributed by atoms with Crippen molar-refractivity contribution in [2.75, 3.05) is 5.52 Å². The van der Waals surface area contributed by atoms with E-state index in [-0.39, 0.29) is 14.8 Å². The molecule has 0 aliphatic heterocycles. The molecule has 0 atom stereocenters. The van der Waals surface area contributed by atoms with Gasteiger partial charge in [-0.1, -0.05) is 6.07 Å². The molecule has 0 aliphatic carbocycles. The Morgan fingerprint density at radius 2 is 1.87 bits per heavy atom. The van der Waals surface area contributed by atoms with Crippen molar-refractivity contribution < 1.29 is 22.6 Å². The Morgan fingerprint density at radius 1 is 1.27 bits per heavy atom. The van der Waals surface area contributed by atoms with E-state index < -0.39 is 6.36 Å². The van der Waals surface area contributed by atoms with E-state index >= 15 is 0 Å². The van der Waals surface area contributed by atoms with Gasteiger partial charge in [0.2, 0.25) is 0 Å². The minimum Gasteiger partial charge on any atom is -0.481 e. The van der Waals surface area contributed by atoms with Crippen LogP contribution in [0.2, 0.25) is 0 Å². The quantitative estimate of drug-likeness (QED) is 0.569. The van der Waals surface area contributed by atoms with Crippen molar-refractivity contribution >= 4 is 38.5 Å². The van der Waals surface area contributed by atoms with Crippen molar-refractivity contribution in [3.05, 3.63) is 21.8 Å². The van der Waals surface area contributed by atoms with E-state index in [1.807, 2.05) is 0 Å². The highest BCUT2D eigenvalue weighted by Gasteiger charge is 2.32. The topological polar surface area (TPSA) is 18.5 Å². The fourth-order valence-electron chi connectivity index (χ4n) is 0.864. The summed E-state index contributed by atoms with van der Waals surface area (Å²) in [6.07, 6.45) is -4.69. The van der Waals surface area contributed by atoms with Gasteiger partial charge in [-0.25, -0.2) is 0 Å². The van der Waals surface area contributed by atoms with Gasteiger partial charge in [-0.05, 0) is 50.7 Å². The maximum atomic E-state index is 12.0. The molecular formula is C8H5BrF3IO2. The molecule has 1 aromatic rings. The second-order valence-electron chi connectivity index (χ2n) is 2.37. The zero-order valence-corrected chi connectivity index (χ0v) is 10.9. The molecule has 0 spiro atoms. The number of halogens is 5. The predicted octanol–water partition coefficient (Wildman–Crippen LogP) is 3.92. The summed E-state index contributed by atoms with van der Waals surface area (Å²) in [6, 6.07) is 4.23. The van der Waals surface area contributed by atoms with Gasteiger partial charge in [-0.2, -0.15) is 0 Å². The van der Waals surface area contributed by atoms with E-state index in [0.29, 0.717) is 5.75 Å². The van der Waals surface area contributed by atoms with Crippen LogP contribution in [0.25, 0.3) is 0 Å². The molecule has 0 heterocycles. The number of hydrogen-bond donors (Lipinski definition) is 0. The van der Waals surface area contributed by atoms with Crippen molar-refractivity contribution in [2.24, 2.45) is 0 Å². The minimum atomic E-state index is -4.69. The maximum absolute atomic E-state index is 12.0. The van der Waals surface area contributed by atoms with Crippen LogP contribution in [-0.2, 0) is 0 Å². The third-order valence-electron chi connectivity index (χ3n) is 1.36. The predicted molar refractivity (Wildman–Crippen MR) is 60.3 cm³/mol. The van der Waals surface area contributed by atoms with Gasteiger partial charge in [0, 0.05) is 0 Å². The van der Waals surface area contributed by atoms with Gasteiger partial charge in [-0.15, -0.1) is 13.2 Å². The first-order valence-corrected chi connectivity index (χ1v) is 5.87. The number of alkyl halides is 4. The fourth-order valence-corrected chi connectivity index (χ4v) is 1.74. The van der Waals surface area contributed by atoms with E-state index in [9.17, 15) is 13.2 Å². The Balaban J connectivity index is 2.94. The Morgan fingerprint density at radius 3 is 2.40 bits per heavy atom. The first-order valence-electron chi connectivity index (χ1n) is 3.67. The van der Waals surface area contributed by atoms with Crippen molar-refractivity contribution in [1.29, 1.82) is 0 Å². The number of ether oxygens (including phenoxy) is 2. The fraction of sp³-hybridized carbons (Fsp3) is 0.250. The van der Waals surface area contributed by atoms with Crippen LogP contribution in [0.1, 0.15) is 0 Å². The third kappa shape index (κ3) is 4.06. The first-order chi connectivity index (χ1) is 6.94. The summed E-state index contributed by atoms with van der Waals surface area (Å²) in [7, 11) is 0. The Hall–Kier alpha value is -0.180. The lowest BCUT2D eigenvalue weighted by atomic mass is 10.3. The molecule has 0 saturated carbocycles. The summed E-state index contributed by atoms with van der Waals surface area (Å²) in [5.41, 5.74) is 0.207. The Kier molecular flexibility index (Phi) is 4.50. The average molecular weight is 397 g/mol. The lowest BCUT2D eigenvalue weighted by Crippen LogP contribution is -2.17. The molecule has 84 valence electrons. The van der Waals surface area contributed by atoms with Crippen LogP contribution in [0.4, 0.5) is 13.2 Å². The highest BCUT2D eigenvalue weighted by molar-refractivity contribution is 14.1. The molecule has 0 aromatic heterocycles. The number of benzene rings is 1. The normalized spacial score (nSPS) is 11.3. The van der Waals surface area contributed by atoms with Crippen LogP contribution in [-0.4, -0.2) is 11.9 Å². The van der Waals surface area contributed by atoms with E-state index in [4.69, 9.17) is 4.74 Å². The number of hydrogen-bond acceptors (Lipinski definition) is 2. The van der Waals surface area contributed by atoms with E-state index in [0.717, 1.165) is 0 Å². The van der Waals surface area contributed by atoms with Crippen molar-refractivity contribution in [3.8, 4) is 11.5 Å². The van der Waals surface area contributed by atoms with Gasteiger partial charge in [0.15, 0.2) is 0 Å². The van der Waals surface area contributed by atoms with Crippen LogP contribution < -0.4 is 9.47 Å². The van der Waals surface area contributed by atoms with E-state index in [1.165, 1.54) is 12.1 Å². The zero-order valence-electron chi connectivity index (χ0n) is 7.15. The summed E-state index contributed by atoms with van der Waals surface area (Å²) in [6.45, 7) is 0. The second kappa shape index (κ2) is 5.24. The van der Waals surface area contributed by atoms with E-state index in [2.05, 4.69) is 20.7 Å². The van der Waals surface area contributed by atoms with E-state index in [1.54, 1.807) is 28.7 Å². The molecule has 15 heavy (non-hydrogen) atoms. The first kappa shape index (κ1) is 12.9. The van der Waals surface area contributed by atoms with Crippen molar-refractivity contribution in [1.82, 2.24) is 0 Å². The molecule has 0 radical (unpaired) electrons. The molecule has 0 saturated heterocycles. The summed E-state index contributed by atoms with van der Waals surface area (Å²) in [5, 5.41) is 0. The van der Waals surface area contributed by atoms with Crippen LogP contribution in [0.5, 0.6) is 11.5 Å². The molecule has 0 fully saturated rings. The molecule has 0 N–H and O–H groups in total. The summed E-state index contributed by atoms with van der Waals surface area (Å²) in [5.74, 6) is 0.0794. The Labute approximate surface area is 106 Å². The molecule has 7 heteroatoms. The largest absolute Gasteiger partial charge is 0.573 e. The Bertz CT molecular complexity index is 343. The maximum Gasteiger partial charge on any atom is 0.573 e. The van der Waals surface area contributed by atoms with Crippen LogP contribution in [0.15, 0.2) is 18.2 Å². The molecule has 2 nitrogen and oxygen atoms in total.